The summed E-state index contributed by atoms with van der Waals surface area (Å²) in [7, 11) is 2.35. The summed E-state index contributed by atoms with van der Waals surface area (Å²) < 4.78 is 8.47. The van der Waals surface area contributed by atoms with Crippen LogP contribution in [0.25, 0.3) is 11.0 Å². The van der Waals surface area contributed by atoms with Gasteiger partial charge < -0.3 is 19.6 Å². The third-order valence-corrected chi connectivity index (χ3v) is 13.0. The van der Waals surface area contributed by atoms with Crippen LogP contribution in [-0.2, 0) is 39.9 Å². The molecule has 0 fully saturated rings. The van der Waals surface area contributed by atoms with Gasteiger partial charge in [0.1, 0.15) is 6.54 Å². The van der Waals surface area contributed by atoms with Gasteiger partial charge in [0.05, 0.1) is 7.05 Å². The molecule has 1 radical (unpaired) electrons. The van der Waals surface area contributed by atoms with Crippen LogP contribution in [0.3, 0.4) is 0 Å². The van der Waals surface area contributed by atoms with Gasteiger partial charge in [0.25, 0.3) is 0 Å². The molecule has 11 heteroatoms. The van der Waals surface area contributed by atoms with Crippen molar-refractivity contribution in [2.24, 2.45) is 7.05 Å². The molecular weight excluding hydrogens is 907 g/mol. The molecule has 0 amide bonds. The van der Waals surface area contributed by atoms with Gasteiger partial charge in [-0.05, 0) is 76.1 Å². The third kappa shape index (κ3) is 10.1. The van der Waals surface area contributed by atoms with E-state index >= 15 is 0 Å². The number of allylic oxidation sites excluding steroid dienone is 4. The van der Waals surface area contributed by atoms with Crippen molar-refractivity contribution in [1.82, 2.24) is 24.2 Å². The van der Waals surface area contributed by atoms with Crippen LogP contribution in [0.4, 0.5) is 11.4 Å². The number of benzene rings is 4. The summed E-state index contributed by atoms with van der Waals surface area (Å²) >= 11 is 0. The van der Waals surface area contributed by atoms with Crippen molar-refractivity contribution < 1.29 is 24.8 Å². The maximum Gasteiger partial charge on any atom is 0.116 e. The van der Waals surface area contributed by atoms with E-state index in [4.69, 9.17) is 4.51 Å². The Balaban J connectivity index is 0.000000189. The summed E-state index contributed by atoms with van der Waals surface area (Å²) in [4.78, 5) is 9.19. The van der Waals surface area contributed by atoms with Crippen LogP contribution >= 0.6 is 16.0 Å². The fourth-order valence-electron chi connectivity index (χ4n) is 6.61. The van der Waals surface area contributed by atoms with Crippen LogP contribution in [0.1, 0.15) is 51.7 Å². The number of nitrogens with zero attached hydrogens (tertiary/aromatic N) is 8. The van der Waals surface area contributed by atoms with E-state index < -0.39 is 7.69 Å². The Hall–Kier alpha value is -4.51. The molecule has 0 N–H and O–H groups in total. The van der Waals surface area contributed by atoms with Gasteiger partial charge in [0.15, 0.2) is 0 Å². The molecule has 1 atom stereocenters. The molecule has 1 unspecified atom stereocenters. The molecule has 2 aromatic heterocycles. The monoisotopic (exact) mass is 954 g/mol. The Morgan fingerprint density at radius 3 is 1.71 bits per heavy atom. The van der Waals surface area contributed by atoms with Gasteiger partial charge in [-0.1, -0.05) is 75.2 Å². The number of anilines is 2. The van der Waals surface area contributed by atoms with E-state index in [1.807, 2.05) is 64.9 Å². The second kappa shape index (κ2) is 19.6. The van der Waals surface area contributed by atoms with E-state index in [2.05, 4.69) is 151 Å². The second-order valence-electron chi connectivity index (χ2n) is 13.7. The first-order valence-electron chi connectivity index (χ1n) is 18.7. The van der Waals surface area contributed by atoms with Gasteiger partial charge in [0.2, 0.25) is 0 Å². The second-order valence-corrected chi connectivity index (χ2v) is 16.4. The smallest absolute Gasteiger partial charge is 0.116 e. The summed E-state index contributed by atoms with van der Waals surface area (Å²) in [5.41, 5.74) is 10.9. The molecule has 0 saturated carbocycles. The first-order chi connectivity index (χ1) is 26.8. The van der Waals surface area contributed by atoms with Gasteiger partial charge >= 0.3 is 0 Å². The first kappa shape index (κ1) is 41.1. The Morgan fingerprint density at radius 1 is 0.679 bits per heavy atom. The van der Waals surface area contributed by atoms with E-state index in [1.54, 1.807) is 0 Å². The van der Waals surface area contributed by atoms with Crippen LogP contribution in [0.15, 0.2) is 132 Å². The molecule has 291 valence electrons. The van der Waals surface area contributed by atoms with Crippen molar-refractivity contribution in [2.45, 2.75) is 53.2 Å². The van der Waals surface area contributed by atoms with Crippen molar-refractivity contribution in [3.8, 4) is 11.0 Å². The van der Waals surface area contributed by atoms with Crippen molar-refractivity contribution in [3.63, 3.8) is 0 Å². The molecular formula is C45H47IrN8P2-5. The summed E-state index contributed by atoms with van der Waals surface area (Å²) in [6, 6.07) is 43.7. The molecule has 0 aliphatic carbocycles. The van der Waals surface area contributed by atoms with E-state index in [0.717, 1.165) is 69.4 Å². The number of aryl methyl sites for hydroxylation is 1. The maximum atomic E-state index is 4.74. The van der Waals surface area contributed by atoms with Gasteiger partial charge in [-0.2, -0.15) is 74.0 Å². The Bertz CT molecular complexity index is 2130. The molecule has 0 bridgehead atoms. The summed E-state index contributed by atoms with van der Waals surface area (Å²) in [5, 5.41) is 5.62. The first-order valence-corrected chi connectivity index (χ1v) is 21.0. The molecule has 8 rings (SSSR count). The molecule has 2 aliphatic heterocycles. The standard InChI is InChI=1S/C26H30N4.C19H17N4P2.Ir/c1-21-23(3)29(25-13-7-5-8-14-25)19-27(21)17-11-12-18-28-20-30(24(4)22(28)2)26-15-9-6-10-16-26;1-22-18(13-23(20-22)12-16-8-4-2-5-9-16)19-15-25(21-24-19)14-17-10-6-3-7-11-17;/h5-10,13,15,19-20H,11-12,17-18H2,1-4H3;2-11H,12,14H2,1H3;/q-4;-1;. The van der Waals surface area contributed by atoms with Crippen molar-refractivity contribution in [2.75, 3.05) is 22.9 Å². The van der Waals surface area contributed by atoms with Gasteiger partial charge in [-0.15, -0.1) is 24.8 Å². The summed E-state index contributed by atoms with van der Waals surface area (Å²) in [5.74, 6) is 3.57. The van der Waals surface area contributed by atoms with Gasteiger partial charge in [-0.25, -0.2) is 14.7 Å². The number of hydrogen-bond acceptors (Lipinski definition) is 6. The average Bonchev–Trinajstić information content (AvgIpc) is 3.97. The Kier molecular flexibility index (Phi) is 14.4. The minimum Gasteiger partial charge on any atom is -0.505 e. The van der Waals surface area contributed by atoms with Gasteiger partial charge in [-0.3, -0.25) is 10.3 Å². The maximum absolute atomic E-state index is 4.74. The van der Waals surface area contributed by atoms with Crippen LogP contribution in [-0.4, -0.2) is 37.3 Å². The molecule has 4 heterocycles. The molecule has 0 saturated heterocycles. The van der Waals surface area contributed by atoms with E-state index in [0.29, 0.717) is 0 Å². The van der Waals surface area contributed by atoms with Gasteiger partial charge in [0, 0.05) is 42.9 Å². The zero-order valence-electron chi connectivity index (χ0n) is 32.6. The van der Waals surface area contributed by atoms with Crippen molar-refractivity contribution in [1.29, 1.82) is 0 Å². The van der Waals surface area contributed by atoms with E-state index in [9.17, 15) is 0 Å². The topological polar surface area (TPSA) is 47.6 Å². The number of unbranched alkanes of at least 4 members (excludes halogenated alkanes) is 1. The molecule has 8 nitrogen and oxygen atoms in total. The number of rotatable bonds is 12. The minimum absolute atomic E-state index is 0. The Morgan fingerprint density at radius 2 is 1.20 bits per heavy atom. The fraction of sp³-hybridized carbons (Fsp3) is 0.244. The summed E-state index contributed by atoms with van der Waals surface area (Å²) in [6.45, 7) is 15.9. The van der Waals surface area contributed by atoms with Crippen LogP contribution < -0.4 is 14.5 Å². The molecule has 2 aliphatic rings. The van der Waals surface area contributed by atoms with Crippen molar-refractivity contribution >= 4 is 27.4 Å². The van der Waals surface area contributed by atoms with Crippen molar-refractivity contribution in [3.05, 3.63) is 181 Å². The number of aromatic nitrogens is 4. The largest absolute Gasteiger partial charge is 0.505 e. The predicted octanol–water partition coefficient (Wildman–Crippen LogP) is 9.78. The van der Waals surface area contributed by atoms with E-state index in [-0.39, 0.29) is 20.1 Å². The third-order valence-electron chi connectivity index (χ3n) is 9.96. The van der Waals surface area contributed by atoms with E-state index in [1.165, 1.54) is 33.9 Å². The minimum atomic E-state index is -0.580. The fourth-order valence-corrected chi connectivity index (χ4v) is 9.63. The van der Waals surface area contributed by atoms with Crippen LogP contribution in [0, 0.1) is 37.5 Å². The molecule has 4 aromatic carbocycles. The SMILES string of the molecule is CC1=C(C)N(c2[c-]cccc2)[CH-]N1CCCCN1[CH-]N(c2[c-]cccc2)C(C)=C1C.Cn1n[n+](Cc2ccccc2)[c-]c1-c1[c-]p(Cc2ccccc2)np1.[Ir]. The molecule has 6 aromatic rings. The summed E-state index contributed by atoms with van der Waals surface area (Å²) in [6.07, 6.45) is 6.60. The normalized spacial score (nSPS) is 14.5. The van der Waals surface area contributed by atoms with Crippen LogP contribution in [0.2, 0.25) is 0 Å². The Labute approximate surface area is 349 Å². The zero-order chi connectivity index (χ0) is 38.1. The predicted molar refractivity (Wildman–Crippen MR) is 224 cm³/mol. The molecule has 0 spiro atoms. The molecule has 56 heavy (non-hydrogen) atoms. The quantitative estimate of drug-likeness (QED) is 0.0693. The zero-order valence-corrected chi connectivity index (χ0v) is 36.8. The average molecular weight is 954 g/mol. The number of hydrogen-bond donors (Lipinski definition) is 0. The van der Waals surface area contributed by atoms with Crippen LogP contribution in [0.5, 0.6) is 0 Å². The number of para-hydroxylation sites is 2.